The molecule has 0 amide bonds. The lowest BCUT2D eigenvalue weighted by molar-refractivity contribution is 0.200. The van der Waals surface area contributed by atoms with E-state index in [2.05, 4.69) is 77.0 Å². The molecule has 1 unspecified atom stereocenters. The second kappa shape index (κ2) is 8.55. The van der Waals surface area contributed by atoms with E-state index >= 15 is 0 Å². The van der Waals surface area contributed by atoms with Gasteiger partial charge in [0.25, 0.3) is 0 Å². The molecule has 0 aliphatic rings. The average molecular weight is 290 g/mol. The first kappa shape index (κ1) is 18.2. The van der Waals surface area contributed by atoms with E-state index in [-0.39, 0.29) is 0 Å². The molecule has 0 saturated carbocycles. The van der Waals surface area contributed by atoms with Crippen molar-refractivity contribution in [1.29, 1.82) is 0 Å². The van der Waals surface area contributed by atoms with Crippen molar-refractivity contribution in [3.63, 3.8) is 0 Å². The van der Waals surface area contributed by atoms with Crippen LogP contribution in [0.5, 0.6) is 0 Å². The molecule has 0 saturated heterocycles. The molecule has 0 bridgehead atoms. The first-order valence-electron chi connectivity index (χ1n) is 8.30. The summed E-state index contributed by atoms with van der Waals surface area (Å²) in [6, 6.07) is 7.20. The summed E-state index contributed by atoms with van der Waals surface area (Å²) in [4.78, 5) is 2.61. The average Bonchev–Trinajstić information content (AvgIpc) is 2.35. The molecule has 1 aromatic carbocycles. The molecule has 0 aliphatic heterocycles. The second-order valence-corrected chi connectivity index (χ2v) is 7.21. The van der Waals surface area contributed by atoms with Crippen LogP contribution < -0.4 is 5.32 Å². The molecule has 0 spiro atoms. The molecule has 1 N–H and O–H groups in total. The van der Waals surface area contributed by atoms with Gasteiger partial charge < -0.3 is 10.2 Å². The molecule has 2 nitrogen and oxygen atoms in total. The zero-order valence-electron chi connectivity index (χ0n) is 15.0. The Bertz CT molecular complexity index is 414. The Kier molecular flexibility index (Phi) is 7.41. The van der Waals surface area contributed by atoms with E-state index in [1.165, 1.54) is 29.8 Å². The third-order valence-corrected chi connectivity index (χ3v) is 3.84. The standard InChI is InChI=1S/C19H34N2/c1-14(2)11-21(12-15(3)4)13-19(20-7)18-9-8-16(5)10-17(18)6/h8-10,14-15,19-20H,11-13H2,1-7H3. The summed E-state index contributed by atoms with van der Waals surface area (Å²) < 4.78 is 0. The number of benzene rings is 1. The molecule has 1 aromatic rings. The predicted molar refractivity (Wildman–Crippen MR) is 93.8 cm³/mol. The lowest BCUT2D eigenvalue weighted by atomic mass is 9.98. The van der Waals surface area contributed by atoms with Gasteiger partial charge in [0, 0.05) is 25.7 Å². The molecule has 0 radical (unpaired) electrons. The fourth-order valence-electron chi connectivity index (χ4n) is 3.08. The lowest BCUT2D eigenvalue weighted by Gasteiger charge is -2.31. The summed E-state index contributed by atoms with van der Waals surface area (Å²) in [5.41, 5.74) is 4.16. The molecular weight excluding hydrogens is 256 g/mol. The zero-order chi connectivity index (χ0) is 16.0. The number of hydrogen-bond donors (Lipinski definition) is 1. The van der Waals surface area contributed by atoms with Gasteiger partial charge in [0.1, 0.15) is 0 Å². The van der Waals surface area contributed by atoms with Crippen molar-refractivity contribution < 1.29 is 0 Å². The Morgan fingerprint density at radius 1 is 0.952 bits per heavy atom. The molecule has 0 heterocycles. The van der Waals surface area contributed by atoms with Gasteiger partial charge in [-0.2, -0.15) is 0 Å². The van der Waals surface area contributed by atoms with E-state index in [1.807, 2.05) is 0 Å². The summed E-state index contributed by atoms with van der Waals surface area (Å²) in [6.07, 6.45) is 0. The van der Waals surface area contributed by atoms with Crippen LogP contribution in [0.1, 0.15) is 50.4 Å². The maximum atomic E-state index is 3.51. The van der Waals surface area contributed by atoms with Crippen LogP contribution in [0.3, 0.4) is 0 Å². The first-order valence-corrected chi connectivity index (χ1v) is 8.30. The number of aryl methyl sites for hydroxylation is 2. The SMILES string of the molecule is CNC(CN(CC(C)C)CC(C)C)c1ccc(C)cc1C. The largest absolute Gasteiger partial charge is 0.312 e. The maximum absolute atomic E-state index is 3.51. The molecule has 120 valence electrons. The van der Waals surface area contributed by atoms with Crippen molar-refractivity contribution in [3.8, 4) is 0 Å². The highest BCUT2D eigenvalue weighted by atomic mass is 15.1. The Labute approximate surface area is 131 Å². The van der Waals surface area contributed by atoms with Crippen LogP contribution in [0.25, 0.3) is 0 Å². The monoisotopic (exact) mass is 290 g/mol. The van der Waals surface area contributed by atoms with Gasteiger partial charge >= 0.3 is 0 Å². The number of nitrogens with one attached hydrogen (secondary N) is 1. The van der Waals surface area contributed by atoms with Crippen LogP contribution in [0.2, 0.25) is 0 Å². The molecule has 2 heteroatoms. The minimum atomic E-state index is 0.406. The Morgan fingerprint density at radius 3 is 1.95 bits per heavy atom. The van der Waals surface area contributed by atoms with Gasteiger partial charge in [-0.25, -0.2) is 0 Å². The van der Waals surface area contributed by atoms with Crippen LogP contribution in [-0.2, 0) is 0 Å². The summed E-state index contributed by atoms with van der Waals surface area (Å²) in [5.74, 6) is 1.42. The van der Waals surface area contributed by atoms with E-state index in [0.29, 0.717) is 17.9 Å². The van der Waals surface area contributed by atoms with Gasteiger partial charge in [0.15, 0.2) is 0 Å². The third kappa shape index (κ3) is 6.19. The lowest BCUT2D eigenvalue weighted by Crippen LogP contribution is -2.38. The van der Waals surface area contributed by atoms with Crippen molar-refractivity contribution in [2.45, 2.75) is 47.6 Å². The van der Waals surface area contributed by atoms with Crippen molar-refractivity contribution in [2.24, 2.45) is 11.8 Å². The van der Waals surface area contributed by atoms with Gasteiger partial charge in [-0.05, 0) is 43.9 Å². The maximum Gasteiger partial charge on any atom is 0.0449 e. The first-order chi connectivity index (χ1) is 9.83. The summed E-state index contributed by atoms with van der Waals surface area (Å²) >= 11 is 0. The number of nitrogens with zero attached hydrogens (tertiary/aromatic N) is 1. The molecule has 0 aliphatic carbocycles. The van der Waals surface area contributed by atoms with Crippen molar-refractivity contribution >= 4 is 0 Å². The highest BCUT2D eigenvalue weighted by molar-refractivity contribution is 5.33. The fraction of sp³-hybridized carbons (Fsp3) is 0.684. The number of hydrogen-bond acceptors (Lipinski definition) is 2. The predicted octanol–water partition coefficient (Wildman–Crippen LogP) is 4.18. The van der Waals surface area contributed by atoms with Gasteiger partial charge in [-0.15, -0.1) is 0 Å². The van der Waals surface area contributed by atoms with Gasteiger partial charge in [0.05, 0.1) is 0 Å². The van der Waals surface area contributed by atoms with E-state index < -0.39 is 0 Å². The minimum absolute atomic E-state index is 0.406. The Morgan fingerprint density at radius 2 is 1.52 bits per heavy atom. The summed E-state index contributed by atoms with van der Waals surface area (Å²) in [6.45, 7) is 17.0. The summed E-state index contributed by atoms with van der Waals surface area (Å²) in [7, 11) is 2.08. The highest BCUT2D eigenvalue weighted by Gasteiger charge is 2.18. The zero-order valence-corrected chi connectivity index (χ0v) is 15.0. The second-order valence-electron chi connectivity index (χ2n) is 7.21. The van der Waals surface area contributed by atoms with Crippen molar-refractivity contribution in [3.05, 3.63) is 34.9 Å². The smallest absolute Gasteiger partial charge is 0.0449 e. The normalized spacial score (nSPS) is 13.4. The van der Waals surface area contributed by atoms with E-state index in [4.69, 9.17) is 0 Å². The molecular formula is C19H34N2. The van der Waals surface area contributed by atoms with Crippen molar-refractivity contribution in [1.82, 2.24) is 10.2 Å². The van der Waals surface area contributed by atoms with Crippen LogP contribution in [-0.4, -0.2) is 31.6 Å². The molecule has 0 fully saturated rings. The minimum Gasteiger partial charge on any atom is -0.312 e. The van der Waals surface area contributed by atoms with Gasteiger partial charge in [0.2, 0.25) is 0 Å². The molecule has 0 aromatic heterocycles. The third-order valence-electron chi connectivity index (χ3n) is 3.84. The van der Waals surface area contributed by atoms with Crippen LogP contribution in [0.15, 0.2) is 18.2 Å². The molecule has 21 heavy (non-hydrogen) atoms. The molecule has 1 atom stereocenters. The van der Waals surface area contributed by atoms with E-state index in [9.17, 15) is 0 Å². The molecule has 1 rings (SSSR count). The Balaban J connectivity index is 2.86. The topological polar surface area (TPSA) is 15.3 Å². The quantitative estimate of drug-likeness (QED) is 0.772. The highest BCUT2D eigenvalue weighted by Crippen LogP contribution is 2.20. The summed E-state index contributed by atoms with van der Waals surface area (Å²) in [5, 5.41) is 3.51. The van der Waals surface area contributed by atoms with E-state index in [1.54, 1.807) is 0 Å². The number of likely N-dealkylation sites (N-methyl/N-ethyl adjacent to an activating group) is 1. The number of rotatable bonds is 8. The van der Waals surface area contributed by atoms with Gasteiger partial charge in [-0.3, -0.25) is 0 Å². The Hall–Kier alpha value is -0.860. The van der Waals surface area contributed by atoms with E-state index in [0.717, 1.165) is 6.54 Å². The van der Waals surface area contributed by atoms with Crippen LogP contribution in [0.4, 0.5) is 0 Å². The van der Waals surface area contributed by atoms with Crippen LogP contribution >= 0.6 is 0 Å². The fourth-order valence-corrected chi connectivity index (χ4v) is 3.08. The van der Waals surface area contributed by atoms with Crippen LogP contribution in [0, 0.1) is 25.7 Å². The van der Waals surface area contributed by atoms with Gasteiger partial charge in [-0.1, -0.05) is 51.5 Å². The van der Waals surface area contributed by atoms with Crippen molar-refractivity contribution in [2.75, 3.05) is 26.7 Å².